The van der Waals surface area contributed by atoms with Crippen molar-refractivity contribution < 1.29 is 9.18 Å². The molecule has 1 atom stereocenters. The SMILES string of the molecule is CN(CC1CCN(CCc2ccccc2F)CC1)C(=O)[C@@H]1CCCCCN1C. The molecule has 0 radical (unpaired) electrons. The number of amides is 1. The van der Waals surface area contributed by atoms with Crippen molar-refractivity contribution in [3.8, 4) is 0 Å². The number of benzene rings is 1. The van der Waals surface area contributed by atoms with Gasteiger partial charge in [0.25, 0.3) is 0 Å². The molecule has 28 heavy (non-hydrogen) atoms. The maximum Gasteiger partial charge on any atom is 0.239 e. The molecule has 156 valence electrons. The maximum absolute atomic E-state index is 13.8. The van der Waals surface area contributed by atoms with Gasteiger partial charge in [-0.05, 0) is 76.3 Å². The first-order valence-electron chi connectivity index (χ1n) is 11.0. The summed E-state index contributed by atoms with van der Waals surface area (Å²) in [6.45, 7) is 4.90. The molecule has 0 spiro atoms. The van der Waals surface area contributed by atoms with Gasteiger partial charge in [0.1, 0.15) is 5.82 Å². The largest absolute Gasteiger partial charge is 0.344 e. The Kier molecular flexibility index (Phi) is 7.86. The van der Waals surface area contributed by atoms with E-state index in [-0.39, 0.29) is 11.9 Å². The van der Waals surface area contributed by atoms with E-state index in [1.807, 2.05) is 24.1 Å². The van der Waals surface area contributed by atoms with Crippen LogP contribution in [0.2, 0.25) is 0 Å². The summed E-state index contributed by atoms with van der Waals surface area (Å²) in [5.41, 5.74) is 0.808. The molecule has 2 aliphatic rings. The van der Waals surface area contributed by atoms with E-state index in [0.717, 1.165) is 70.4 Å². The van der Waals surface area contributed by atoms with E-state index >= 15 is 0 Å². The van der Waals surface area contributed by atoms with Crippen LogP contribution >= 0.6 is 0 Å². The molecule has 3 rings (SSSR count). The average molecular weight is 390 g/mol. The fraction of sp³-hybridized carbons (Fsp3) is 0.696. The second-order valence-electron chi connectivity index (χ2n) is 8.69. The Bertz CT molecular complexity index is 630. The number of halogens is 1. The Labute approximate surface area is 169 Å². The van der Waals surface area contributed by atoms with Crippen molar-refractivity contribution in [3.05, 3.63) is 35.6 Å². The van der Waals surface area contributed by atoms with Gasteiger partial charge in [-0.25, -0.2) is 4.39 Å². The number of carbonyl (C=O) groups is 1. The molecule has 0 unspecified atom stereocenters. The fourth-order valence-electron chi connectivity index (χ4n) is 4.67. The van der Waals surface area contributed by atoms with E-state index in [1.165, 1.54) is 12.8 Å². The van der Waals surface area contributed by atoms with Crippen LogP contribution in [0.4, 0.5) is 4.39 Å². The van der Waals surface area contributed by atoms with Crippen molar-refractivity contribution in [1.29, 1.82) is 0 Å². The first-order chi connectivity index (χ1) is 13.5. The zero-order valence-electron chi connectivity index (χ0n) is 17.6. The van der Waals surface area contributed by atoms with Crippen molar-refractivity contribution in [2.45, 2.75) is 51.0 Å². The van der Waals surface area contributed by atoms with Gasteiger partial charge in [-0.15, -0.1) is 0 Å². The molecule has 0 saturated carbocycles. The third-order valence-corrected chi connectivity index (χ3v) is 6.58. The van der Waals surface area contributed by atoms with Crippen molar-refractivity contribution in [2.75, 3.05) is 46.8 Å². The quantitative estimate of drug-likeness (QED) is 0.746. The van der Waals surface area contributed by atoms with Crippen LogP contribution in [0, 0.1) is 11.7 Å². The lowest BCUT2D eigenvalue weighted by Crippen LogP contribution is -2.47. The molecule has 2 aliphatic heterocycles. The molecular formula is C23H36FN3O. The van der Waals surface area contributed by atoms with Gasteiger partial charge in [-0.3, -0.25) is 9.69 Å². The summed E-state index contributed by atoms with van der Waals surface area (Å²) in [5, 5.41) is 0. The Morgan fingerprint density at radius 1 is 1.11 bits per heavy atom. The van der Waals surface area contributed by atoms with Crippen LogP contribution in [0.25, 0.3) is 0 Å². The van der Waals surface area contributed by atoms with E-state index in [4.69, 9.17) is 0 Å². The Morgan fingerprint density at radius 3 is 2.61 bits per heavy atom. The van der Waals surface area contributed by atoms with E-state index in [0.29, 0.717) is 11.8 Å². The van der Waals surface area contributed by atoms with Crippen LogP contribution in [-0.2, 0) is 11.2 Å². The number of likely N-dealkylation sites (tertiary alicyclic amines) is 2. The lowest BCUT2D eigenvalue weighted by atomic mass is 9.95. The molecule has 0 aliphatic carbocycles. The number of hydrogen-bond acceptors (Lipinski definition) is 3. The van der Waals surface area contributed by atoms with Gasteiger partial charge in [0, 0.05) is 20.1 Å². The lowest BCUT2D eigenvalue weighted by molar-refractivity contribution is -0.136. The molecule has 2 heterocycles. The predicted octanol–water partition coefficient (Wildman–Crippen LogP) is 3.41. The number of piperidine rings is 1. The molecule has 4 nitrogen and oxygen atoms in total. The van der Waals surface area contributed by atoms with Crippen LogP contribution < -0.4 is 0 Å². The fourth-order valence-corrected chi connectivity index (χ4v) is 4.67. The van der Waals surface area contributed by atoms with Gasteiger partial charge in [-0.2, -0.15) is 0 Å². The maximum atomic E-state index is 13.8. The highest BCUT2D eigenvalue weighted by molar-refractivity contribution is 5.81. The van der Waals surface area contributed by atoms with Crippen molar-refractivity contribution in [3.63, 3.8) is 0 Å². The highest BCUT2D eigenvalue weighted by atomic mass is 19.1. The zero-order valence-corrected chi connectivity index (χ0v) is 17.6. The summed E-state index contributed by atoms with van der Waals surface area (Å²) in [5.74, 6) is 0.780. The summed E-state index contributed by atoms with van der Waals surface area (Å²) >= 11 is 0. The molecule has 0 aromatic heterocycles. The standard InChI is InChI=1S/C23H36FN3O/c1-25-14-7-3-4-10-22(25)23(28)26(2)18-19-11-15-27(16-12-19)17-13-20-8-5-6-9-21(20)24/h5-6,8-9,19,22H,3-4,7,10-18H2,1-2H3/t22-/m0/s1. The minimum absolute atomic E-state index is 0.0633. The summed E-state index contributed by atoms with van der Waals surface area (Å²) in [6, 6.07) is 7.14. The van der Waals surface area contributed by atoms with Gasteiger partial charge in [-0.1, -0.05) is 31.0 Å². The van der Waals surface area contributed by atoms with E-state index in [9.17, 15) is 9.18 Å². The number of carbonyl (C=O) groups excluding carboxylic acids is 1. The van der Waals surface area contributed by atoms with Crippen LogP contribution in [0.1, 0.15) is 44.1 Å². The topological polar surface area (TPSA) is 26.8 Å². The second kappa shape index (κ2) is 10.4. The normalized spacial score (nSPS) is 22.8. The van der Waals surface area contributed by atoms with Gasteiger partial charge >= 0.3 is 0 Å². The summed E-state index contributed by atoms with van der Waals surface area (Å²) < 4.78 is 13.8. The van der Waals surface area contributed by atoms with Crippen molar-refractivity contribution >= 4 is 5.91 Å². The first kappa shape index (κ1) is 21.3. The van der Waals surface area contributed by atoms with Crippen molar-refractivity contribution in [2.24, 2.45) is 5.92 Å². The monoisotopic (exact) mass is 389 g/mol. The highest BCUT2D eigenvalue weighted by Crippen LogP contribution is 2.21. The molecule has 5 heteroatoms. The second-order valence-corrected chi connectivity index (χ2v) is 8.69. The molecule has 0 N–H and O–H groups in total. The Balaban J connectivity index is 1.41. The average Bonchev–Trinajstić information content (AvgIpc) is 2.92. The van der Waals surface area contributed by atoms with Gasteiger partial charge < -0.3 is 9.80 Å². The number of hydrogen-bond donors (Lipinski definition) is 0. The number of nitrogens with zero attached hydrogens (tertiary/aromatic N) is 3. The number of likely N-dealkylation sites (N-methyl/N-ethyl adjacent to an activating group) is 2. The lowest BCUT2D eigenvalue weighted by Gasteiger charge is -2.35. The molecule has 0 bridgehead atoms. The zero-order chi connectivity index (χ0) is 19.9. The first-order valence-corrected chi connectivity index (χ1v) is 11.0. The minimum atomic E-state index is -0.0963. The van der Waals surface area contributed by atoms with Gasteiger partial charge in [0.2, 0.25) is 5.91 Å². The van der Waals surface area contributed by atoms with Crippen LogP contribution in [-0.4, -0.2) is 73.5 Å². The minimum Gasteiger partial charge on any atom is -0.344 e. The third-order valence-electron chi connectivity index (χ3n) is 6.58. The van der Waals surface area contributed by atoms with E-state index in [1.54, 1.807) is 12.1 Å². The molecule has 2 saturated heterocycles. The molecular weight excluding hydrogens is 353 g/mol. The van der Waals surface area contributed by atoms with Crippen LogP contribution in [0.3, 0.4) is 0 Å². The van der Waals surface area contributed by atoms with Crippen LogP contribution in [0.5, 0.6) is 0 Å². The molecule has 1 amide bonds. The van der Waals surface area contributed by atoms with E-state index in [2.05, 4.69) is 16.8 Å². The van der Waals surface area contributed by atoms with Gasteiger partial charge in [0.05, 0.1) is 6.04 Å². The highest BCUT2D eigenvalue weighted by Gasteiger charge is 2.29. The van der Waals surface area contributed by atoms with Gasteiger partial charge in [0.15, 0.2) is 0 Å². The smallest absolute Gasteiger partial charge is 0.239 e. The Hall–Kier alpha value is -1.46. The number of rotatable bonds is 6. The third kappa shape index (κ3) is 5.77. The summed E-state index contributed by atoms with van der Waals surface area (Å²) in [6.07, 6.45) is 7.61. The molecule has 2 fully saturated rings. The van der Waals surface area contributed by atoms with Crippen LogP contribution in [0.15, 0.2) is 24.3 Å². The van der Waals surface area contributed by atoms with E-state index < -0.39 is 0 Å². The predicted molar refractivity (Wildman–Crippen MR) is 112 cm³/mol. The Morgan fingerprint density at radius 2 is 1.86 bits per heavy atom. The summed E-state index contributed by atoms with van der Waals surface area (Å²) in [7, 11) is 4.07. The molecule has 1 aromatic rings. The molecule has 1 aromatic carbocycles. The summed E-state index contributed by atoms with van der Waals surface area (Å²) in [4.78, 5) is 19.6. The van der Waals surface area contributed by atoms with Crippen molar-refractivity contribution in [1.82, 2.24) is 14.7 Å².